The molecule has 2 aromatic rings. The van der Waals surface area contributed by atoms with Crippen molar-refractivity contribution in [1.29, 1.82) is 0 Å². The number of aryl methyl sites for hydroxylation is 1. The van der Waals surface area contributed by atoms with Gasteiger partial charge in [-0.2, -0.15) is 0 Å². The van der Waals surface area contributed by atoms with Gasteiger partial charge in [0.25, 0.3) is 5.91 Å². The van der Waals surface area contributed by atoms with Gasteiger partial charge in [-0.05, 0) is 76.9 Å². The molecule has 122 valence electrons. The second-order valence-electron chi connectivity index (χ2n) is 5.64. The lowest BCUT2D eigenvalue weighted by atomic mass is 10.0. The molecule has 3 nitrogen and oxygen atoms in total. The zero-order chi connectivity index (χ0) is 17.0. The van der Waals surface area contributed by atoms with Gasteiger partial charge in [0.05, 0.1) is 0 Å². The highest BCUT2D eigenvalue weighted by Crippen LogP contribution is 2.32. The predicted molar refractivity (Wildman–Crippen MR) is 104 cm³/mol. The van der Waals surface area contributed by atoms with Gasteiger partial charge < -0.3 is 10.1 Å². The van der Waals surface area contributed by atoms with Crippen molar-refractivity contribution >= 4 is 45.8 Å². The molecule has 0 aliphatic rings. The SMILES string of the molecule is Cc1cc(OCC(=O)Nc2cccc(I)c2)c(C(C)C)cc1Cl. The van der Waals surface area contributed by atoms with Gasteiger partial charge in [-0.25, -0.2) is 0 Å². The Morgan fingerprint density at radius 3 is 2.70 bits per heavy atom. The van der Waals surface area contributed by atoms with E-state index in [1.807, 2.05) is 43.3 Å². The van der Waals surface area contributed by atoms with Crippen LogP contribution >= 0.6 is 34.2 Å². The number of carbonyl (C=O) groups is 1. The number of carbonyl (C=O) groups excluding carboxylic acids is 1. The summed E-state index contributed by atoms with van der Waals surface area (Å²) in [6.45, 7) is 6.03. The van der Waals surface area contributed by atoms with Gasteiger partial charge in [-0.15, -0.1) is 0 Å². The molecule has 0 heterocycles. The maximum atomic E-state index is 12.1. The van der Waals surface area contributed by atoms with E-state index >= 15 is 0 Å². The monoisotopic (exact) mass is 443 g/mol. The number of anilines is 1. The van der Waals surface area contributed by atoms with Crippen LogP contribution in [0.5, 0.6) is 5.75 Å². The van der Waals surface area contributed by atoms with Crippen LogP contribution in [0.2, 0.25) is 5.02 Å². The lowest BCUT2D eigenvalue weighted by molar-refractivity contribution is -0.118. The number of nitrogens with one attached hydrogen (secondary N) is 1. The van der Waals surface area contributed by atoms with Crippen molar-refractivity contribution < 1.29 is 9.53 Å². The van der Waals surface area contributed by atoms with Crippen molar-refractivity contribution in [2.24, 2.45) is 0 Å². The number of hydrogen-bond acceptors (Lipinski definition) is 2. The topological polar surface area (TPSA) is 38.3 Å². The molecular weight excluding hydrogens is 425 g/mol. The largest absolute Gasteiger partial charge is 0.483 e. The third-order valence-electron chi connectivity index (χ3n) is 3.38. The van der Waals surface area contributed by atoms with Gasteiger partial charge in [-0.1, -0.05) is 31.5 Å². The molecule has 0 bridgehead atoms. The van der Waals surface area contributed by atoms with Crippen molar-refractivity contribution in [3.8, 4) is 5.75 Å². The van der Waals surface area contributed by atoms with E-state index in [1.165, 1.54) is 0 Å². The summed E-state index contributed by atoms with van der Waals surface area (Å²) in [5.41, 5.74) is 2.70. The third-order valence-corrected chi connectivity index (χ3v) is 4.46. The summed E-state index contributed by atoms with van der Waals surface area (Å²) in [6, 6.07) is 11.4. The molecular formula is C18H19ClINO2. The molecule has 0 aliphatic carbocycles. The molecule has 1 N–H and O–H groups in total. The molecule has 0 aromatic heterocycles. The minimum atomic E-state index is -0.186. The maximum absolute atomic E-state index is 12.1. The van der Waals surface area contributed by atoms with Crippen molar-refractivity contribution in [1.82, 2.24) is 0 Å². The Kier molecular flexibility index (Phi) is 6.30. The summed E-state index contributed by atoms with van der Waals surface area (Å²) in [4.78, 5) is 12.1. The second-order valence-corrected chi connectivity index (χ2v) is 7.29. The van der Waals surface area contributed by atoms with Gasteiger partial charge in [-0.3, -0.25) is 4.79 Å². The van der Waals surface area contributed by atoms with Crippen molar-refractivity contribution in [3.05, 3.63) is 56.1 Å². The Morgan fingerprint density at radius 1 is 1.30 bits per heavy atom. The van der Waals surface area contributed by atoms with Gasteiger partial charge in [0.2, 0.25) is 0 Å². The average molecular weight is 444 g/mol. The predicted octanol–water partition coefficient (Wildman–Crippen LogP) is 5.39. The Labute approximate surface area is 155 Å². The summed E-state index contributed by atoms with van der Waals surface area (Å²) in [5, 5.41) is 3.55. The molecule has 0 atom stereocenters. The fourth-order valence-electron chi connectivity index (χ4n) is 2.15. The average Bonchev–Trinajstić information content (AvgIpc) is 2.47. The van der Waals surface area contributed by atoms with Crippen LogP contribution in [0.15, 0.2) is 36.4 Å². The Hall–Kier alpha value is -1.27. The molecule has 0 spiro atoms. The zero-order valence-electron chi connectivity index (χ0n) is 13.3. The van der Waals surface area contributed by atoms with Crippen molar-refractivity contribution in [2.45, 2.75) is 26.7 Å². The van der Waals surface area contributed by atoms with Crippen LogP contribution in [-0.4, -0.2) is 12.5 Å². The van der Waals surface area contributed by atoms with Gasteiger partial charge in [0, 0.05) is 14.3 Å². The standard InChI is InChI=1S/C18H19ClINO2/c1-11(2)15-9-16(19)12(3)7-17(15)23-10-18(22)21-14-6-4-5-13(20)8-14/h4-9,11H,10H2,1-3H3,(H,21,22). The highest BCUT2D eigenvalue weighted by atomic mass is 127. The third kappa shape index (κ3) is 5.11. The number of hydrogen-bond donors (Lipinski definition) is 1. The summed E-state index contributed by atoms with van der Waals surface area (Å²) in [6.07, 6.45) is 0. The Balaban J connectivity index is 2.05. The van der Waals surface area contributed by atoms with E-state index in [4.69, 9.17) is 16.3 Å². The molecule has 0 fully saturated rings. The summed E-state index contributed by atoms with van der Waals surface area (Å²) < 4.78 is 6.79. The van der Waals surface area contributed by atoms with Crippen LogP contribution in [0.25, 0.3) is 0 Å². The molecule has 0 aliphatic heterocycles. The van der Waals surface area contributed by atoms with E-state index < -0.39 is 0 Å². The molecule has 1 amide bonds. The van der Waals surface area contributed by atoms with Crippen LogP contribution in [0.4, 0.5) is 5.69 Å². The second kappa shape index (κ2) is 8.02. The maximum Gasteiger partial charge on any atom is 0.262 e. The van der Waals surface area contributed by atoms with E-state index in [9.17, 15) is 4.79 Å². The van der Waals surface area contributed by atoms with Crippen LogP contribution in [0, 0.1) is 10.5 Å². The number of amides is 1. The van der Waals surface area contributed by atoms with Gasteiger partial charge in [0.1, 0.15) is 5.75 Å². The summed E-state index contributed by atoms with van der Waals surface area (Å²) >= 11 is 8.39. The molecule has 0 unspecified atom stereocenters. The molecule has 5 heteroatoms. The minimum absolute atomic E-state index is 0.0355. The molecule has 0 saturated heterocycles. The van der Waals surface area contributed by atoms with Crippen LogP contribution in [0.3, 0.4) is 0 Å². The lowest BCUT2D eigenvalue weighted by Gasteiger charge is -2.16. The highest BCUT2D eigenvalue weighted by Gasteiger charge is 2.13. The fourth-order valence-corrected chi connectivity index (χ4v) is 2.87. The van der Waals surface area contributed by atoms with E-state index in [0.717, 1.165) is 20.4 Å². The van der Waals surface area contributed by atoms with Gasteiger partial charge in [0.15, 0.2) is 6.61 Å². The summed E-state index contributed by atoms with van der Waals surface area (Å²) in [5.74, 6) is 0.788. The minimum Gasteiger partial charge on any atom is -0.483 e. The Bertz CT molecular complexity index is 716. The lowest BCUT2D eigenvalue weighted by Crippen LogP contribution is -2.20. The molecule has 2 aromatic carbocycles. The molecule has 0 saturated carbocycles. The first-order chi connectivity index (χ1) is 10.9. The quantitative estimate of drug-likeness (QED) is 0.629. The van der Waals surface area contributed by atoms with Crippen LogP contribution in [0.1, 0.15) is 30.9 Å². The van der Waals surface area contributed by atoms with E-state index in [-0.39, 0.29) is 18.4 Å². The van der Waals surface area contributed by atoms with Crippen molar-refractivity contribution in [3.63, 3.8) is 0 Å². The number of rotatable bonds is 5. The van der Waals surface area contributed by atoms with Crippen LogP contribution < -0.4 is 10.1 Å². The first-order valence-electron chi connectivity index (χ1n) is 7.35. The van der Waals surface area contributed by atoms with E-state index in [1.54, 1.807) is 0 Å². The van der Waals surface area contributed by atoms with Crippen LogP contribution in [-0.2, 0) is 4.79 Å². The normalized spacial score (nSPS) is 10.7. The van der Waals surface area contributed by atoms with E-state index in [0.29, 0.717) is 10.8 Å². The summed E-state index contributed by atoms with van der Waals surface area (Å²) in [7, 11) is 0. The fraction of sp³-hybridized carbons (Fsp3) is 0.278. The van der Waals surface area contributed by atoms with E-state index in [2.05, 4.69) is 41.8 Å². The smallest absolute Gasteiger partial charge is 0.262 e. The highest BCUT2D eigenvalue weighted by molar-refractivity contribution is 14.1. The first-order valence-corrected chi connectivity index (χ1v) is 8.80. The van der Waals surface area contributed by atoms with Crippen molar-refractivity contribution in [2.75, 3.05) is 11.9 Å². The molecule has 2 rings (SSSR count). The number of benzene rings is 2. The molecule has 23 heavy (non-hydrogen) atoms. The number of halogens is 2. The van der Waals surface area contributed by atoms with Gasteiger partial charge >= 0.3 is 0 Å². The Morgan fingerprint density at radius 2 is 2.04 bits per heavy atom. The zero-order valence-corrected chi connectivity index (χ0v) is 16.2. The first kappa shape index (κ1) is 18.1. The molecule has 0 radical (unpaired) electrons. The number of ether oxygens (including phenoxy) is 1.